The Labute approximate surface area is 102 Å². The van der Waals surface area contributed by atoms with Crippen LogP contribution in [-0.4, -0.2) is 35.9 Å². The van der Waals surface area contributed by atoms with Crippen molar-refractivity contribution in [2.75, 3.05) is 0 Å². The molecule has 0 bridgehead atoms. The number of rotatable bonds is 4. The molecule has 0 saturated carbocycles. The van der Waals surface area contributed by atoms with Gasteiger partial charge in [-0.15, -0.1) is 0 Å². The lowest BCUT2D eigenvalue weighted by Crippen LogP contribution is -2.15. The Bertz CT molecular complexity index is 554. The van der Waals surface area contributed by atoms with Gasteiger partial charge in [0.15, 0.2) is 0 Å². The zero-order valence-corrected chi connectivity index (χ0v) is 10.3. The molecule has 1 N–H and O–H groups in total. The maximum atomic E-state index is 11.0. The van der Waals surface area contributed by atoms with Gasteiger partial charge in [0.2, 0.25) is 0 Å². The maximum absolute atomic E-state index is 11.0. The molecule has 0 aliphatic carbocycles. The second-order valence-electron chi connectivity index (χ2n) is 3.56. The summed E-state index contributed by atoms with van der Waals surface area (Å²) in [7, 11) is 0. The van der Waals surface area contributed by atoms with Gasteiger partial charge in [0, 0.05) is 5.69 Å². The van der Waals surface area contributed by atoms with Crippen LogP contribution in [0.3, 0.4) is 0 Å². The normalized spacial score (nSPS) is 12.8. The summed E-state index contributed by atoms with van der Waals surface area (Å²) in [5, 5.41) is 13.3. The summed E-state index contributed by atoms with van der Waals surface area (Å²) < 4.78 is 1.56. The van der Waals surface area contributed by atoms with Gasteiger partial charge in [-0.1, -0.05) is 18.7 Å². The fourth-order valence-electron chi connectivity index (χ4n) is 1.44. The molecule has 6 nitrogen and oxygen atoms in total. The van der Waals surface area contributed by atoms with Crippen LogP contribution in [0.1, 0.15) is 19.0 Å². The zero-order valence-electron chi connectivity index (χ0n) is 9.49. The Morgan fingerprint density at radius 1 is 1.65 bits per heavy atom. The topological polar surface area (TPSA) is 80.4 Å². The maximum Gasteiger partial charge on any atom is 0.317 e. The Morgan fingerprint density at radius 3 is 3.06 bits per heavy atom. The Hall–Kier alpha value is -1.63. The summed E-state index contributed by atoms with van der Waals surface area (Å²) in [6, 6.07) is 1.82. The highest BCUT2D eigenvalue weighted by Gasteiger charge is 2.19. The van der Waals surface area contributed by atoms with Gasteiger partial charge in [-0.3, -0.25) is 4.79 Å². The highest BCUT2D eigenvalue weighted by molar-refractivity contribution is 8.00. The van der Waals surface area contributed by atoms with E-state index in [9.17, 15) is 4.79 Å². The monoisotopic (exact) mass is 252 g/mol. The van der Waals surface area contributed by atoms with Crippen molar-refractivity contribution in [1.29, 1.82) is 0 Å². The van der Waals surface area contributed by atoms with E-state index >= 15 is 0 Å². The SMILES string of the molecule is CCC(Sc1cc(C)nc2ncnn12)C(=O)O. The minimum absolute atomic E-state index is 0.482. The number of hydrogen-bond donors (Lipinski definition) is 1. The molecule has 2 heterocycles. The summed E-state index contributed by atoms with van der Waals surface area (Å²) in [5.41, 5.74) is 0.799. The number of carbonyl (C=O) groups is 1. The van der Waals surface area contributed by atoms with E-state index < -0.39 is 11.2 Å². The highest BCUT2D eigenvalue weighted by atomic mass is 32.2. The van der Waals surface area contributed by atoms with Gasteiger partial charge in [0.05, 0.1) is 0 Å². The van der Waals surface area contributed by atoms with Gasteiger partial charge in [0.25, 0.3) is 5.78 Å². The zero-order chi connectivity index (χ0) is 12.4. The van der Waals surface area contributed by atoms with Crippen molar-refractivity contribution < 1.29 is 9.90 Å². The number of carboxylic acid groups (broad SMARTS) is 1. The molecule has 2 aromatic heterocycles. The van der Waals surface area contributed by atoms with Gasteiger partial charge in [-0.25, -0.2) is 4.98 Å². The second-order valence-corrected chi connectivity index (χ2v) is 4.78. The van der Waals surface area contributed by atoms with E-state index in [4.69, 9.17) is 5.11 Å². The lowest BCUT2D eigenvalue weighted by molar-refractivity contribution is -0.136. The first kappa shape index (κ1) is 11.8. The van der Waals surface area contributed by atoms with Crippen LogP contribution in [0.15, 0.2) is 17.4 Å². The molecule has 2 aromatic rings. The van der Waals surface area contributed by atoms with Crippen LogP contribution in [0, 0.1) is 6.92 Å². The van der Waals surface area contributed by atoms with E-state index in [0.29, 0.717) is 12.2 Å². The van der Waals surface area contributed by atoms with E-state index in [2.05, 4.69) is 15.1 Å². The Morgan fingerprint density at radius 2 is 2.41 bits per heavy atom. The van der Waals surface area contributed by atoms with Crippen molar-refractivity contribution in [2.45, 2.75) is 30.5 Å². The molecule has 0 radical (unpaired) electrons. The molecule has 0 aromatic carbocycles. The Balaban J connectivity index is 2.40. The van der Waals surface area contributed by atoms with E-state index in [1.165, 1.54) is 18.1 Å². The molecular weight excluding hydrogens is 240 g/mol. The van der Waals surface area contributed by atoms with Gasteiger partial charge < -0.3 is 5.11 Å². The van der Waals surface area contributed by atoms with Crippen LogP contribution in [-0.2, 0) is 4.79 Å². The molecule has 0 amide bonds. The third kappa shape index (κ3) is 2.38. The quantitative estimate of drug-likeness (QED) is 0.654. The van der Waals surface area contributed by atoms with Crippen LogP contribution in [0.4, 0.5) is 0 Å². The van der Waals surface area contributed by atoms with Crippen molar-refractivity contribution in [3.63, 3.8) is 0 Å². The lowest BCUT2D eigenvalue weighted by Gasteiger charge is -2.10. The number of hydrogen-bond acceptors (Lipinski definition) is 5. The van der Waals surface area contributed by atoms with E-state index in [-0.39, 0.29) is 0 Å². The largest absolute Gasteiger partial charge is 0.480 e. The third-order valence-corrected chi connectivity index (χ3v) is 3.61. The first-order valence-corrected chi connectivity index (χ1v) is 6.06. The molecule has 0 saturated heterocycles. The van der Waals surface area contributed by atoms with Crippen molar-refractivity contribution in [3.05, 3.63) is 18.1 Å². The van der Waals surface area contributed by atoms with Crippen molar-refractivity contribution >= 4 is 23.5 Å². The smallest absolute Gasteiger partial charge is 0.317 e. The van der Waals surface area contributed by atoms with Crippen LogP contribution in [0.2, 0.25) is 0 Å². The number of carboxylic acids is 1. The summed E-state index contributed by atoms with van der Waals surface area (Å²) in [6.45, 7) is 3.69. The van der Waals surface area contributed by atoms with E-state index in [1.807, 2.05) is 19.9 Å². The van der Waals surface area contributed by atoms with Gasteiger partial charge in [0.1, 0.15) is 16.6 Å². The molecule has 0 aliphatic rings. The minimum Gasteiger partial charge on any atom is -0.480 e. The molecule has 1 atom stereocenters. The summed E-state index contributed by atoms with van der Waals surface area (Å²) in [4.78, 5) is 19.2. The van der Waals surface area contributed by atoms with Crippen molar-refractivity contribution in [2.24, 2.45) is 0 Å². The number of aryl methyl sites for hydroxylation is 1. The van der Waals surface area contributed by atoms with E-state index in [1.54, 1.807) is 4.52 Å². The number of aromatic nitrogens is 4. The number of fused-ring (bicyclic) bond motifs is 1. The molecule has 1 unspecified atom stereocenters. The van der Waals surface area contributed by atoms with Gasteiger partial charge in [-0.05, 0) is 19.4 Å². The van der Waals surface area contributed by atoms with Crippen molar-refractivity contribution in [3.8, 4) is 0 Å². The lowest BCUT2D eigenvalue weighted by atomic mass is 10.3. The third-order valence-electron chi connectivity index (χ3n) is 2.26. The fraction of sp³-hybridized carbons (Fsp3) is 0.400. The molecule has 0 aliphatic heterocycles. The highest BCUT2D eigenvalue weighted by Crippen LogP contribution is 2.25. The Kier molecular flexibility index (Phi) is 3.28. The molecular formula is C10H12N4O2S. The predicted molar refractivity (Wildman–Crippen MR) is 63.1 cm³/mol. The number of thioether (sulfide) groups is 1. The molecule has 17 heavy (non-hydrogen) atoms. The van der Waals surface area contributed by atoms with Crippen LogP contribution in [0.5, 0.6) is 0 Å². The average molecular weight is 252 g/mol. The minimum atomic E-state index is -0.819. The first-order chi connectivity index (χ1) is 8.11. The van der Waals surface area contributed by atoms with Gasteiger partial charge >= 0.3 is 5.97 Å². The standard InChI is InChI=1S/C10H12N4O2S/c1-3-7(9(15)16)17-8-4-6(2)13-10-11-5-12-14(8)10/h4-5,7H,3H2,1-2H3,(H,15,16). The second kappa shape index (κ2) is 4.70. The fourth-order valence-corrected chi connectivity index (χ4v) is 2.46. The average Bonchev–Trinajstić information content (AvgIpc) is 2.72. The molecule has 2 rings (SSSR count). The predicted octanol–water partition coefficient (Wildman–Crippen LogP) is 1.39. The van der Waals surface area contributed by atoms with Crippen LogP contribution in [0.25, 0.3) is 5.78 Å². The summed E-state index contributed by atoms with van der Waals surface area (Å²) in [6.07, 6.45) is 1.96. The molecule has 7 heteroatoms. The molecule has 90 valence electrons. The molecule has 0 spiro atoms. The van der Waals surface area contributed by atoms with Crippen LogP contribution < -0.4 is 0 Å². The summed E-state index contributed by atoms with van der Waals surface area (Å²) >= 11 is 1.27. The van der Waals surface area contributed by atoms with Crippen molar-refractivity contribution in [1.82, 2.24) is 19.6 Å². The van der Waals surface area contributed by atoms with Crippen LogP contribution >= 0.6 is 11.8 Å². The molecule has 0 fully saturated rings. The van der Waals surface area contributed by atoms with Gasteiger partial charge in [-0.2, -0.15) is 14.6 Å². The number of nitrogens with zero attached hydrogens (tertiary/aromatic N) is 4. The number of aliphatic carboxylic acids is 1. The van der Waals surface area contributed by atoms with E-state index in [0.717, 1.165) is 10.7 Å². The first-order valence-electron chi connectivity index (χ1n) is 5.18. The summed E-state index contributed by atoms with van der Waals surface area (Å²) in [5.74, 6) is -0.326.